The summed E-state index contributed by atoms with van der Waals surface area (Å²) < 4.78 is 25.6. The topological polar surface area (TPSA) is 131 Å². The summed E-state index contributed by atoms with van der Waals surface area (Å²) in [6, 6.07) is 21.2. The molecule has 6 rings (SSSR count). The molecular weight excluding hydrogens is 639 g/mol. The predicted octanol–water partition coefficient (Wildman–Crippen LogP) is 4.52. The van der Waals surface area contributed by atoms with Crippen LogP contribution >= 0.6 is 11.3 Å². The number of hydrogen-bond acceptors (Lipinski definition) is 8. The van der Waals surface area contributed by atoms with Crippen LogP contribution in [0.15, 0.2) is 101 Å². The maximum atomic E-state index is 14.5. The van der Waals surface area contributed by atoms with Gasteiger partial charge >= 0.3 is 12.1 Å². The average Bonchev–Trinajstić information content (AvgIpc) is 3.72. The maximum Gasteiger partial charge on any atom is 0.408 e. The van der Waals surface area contributed by atoms with Crippen LogP contribution in [0.5, 0.6) is 0 Å². The van der Waals surface area contributed by atoms with Crippen molar-refractivity contribution in [3.05, 3.63) is 117 Å². The predicted molar refractivity (Wildman–Crippen MR) is 177 cm³/mol. The van der Waals surface area contributed by atoms with E-state index in [1.807, 2.05) is 78.2 Å². The number of nitrogens with one attached hydrogen (secondary N) is 2. The number of benzene rings is 2. The number of fused-ring (bicyclic) bond motifs is 1. The number of esters is 1. The van der Waals surface area contributed by atoms with E-state index in [1.54, 1.807) is 20.8 Å². The molecule has 47 heavy (non-hydrogen) atoms. The second-order valence-electron chi connectivity index (χ2n) is 12.4. The van der Waals surface area contributed by atoms with E-state index >= 15 is 0 Å². The van der Waals surface area contributed by atoms with Crippen LogP contribution in [-0.4, -0.2) is 62.3 Å². The van der Waals surface area contributed by atoms with Crippen LogP contribution in [0.25, 0.3) is 0 Å². The number of thiophene rings is 1. The summed E-state index contributed by atoms with van der Waals surface area (Å²) in [7, 11) is -1.74. The van der Waals surface area contributed by atoms with E-state index in [1.165, 1.54) is 16.2 Å². The monoisotopic (exact) mass is 673 g/mol. The molecule has 4 heterocycles. The first-order chi connectivity index (χ1) is 22.5. The molecule has 2 N–H and O–H groups in total. The van der Waals surface area contributed by atoms with E-state index in [0.717, 1.165) is 16.0 Å². The Hall–Kier alpha value is -4.55. The van der Waals surface area contributed by atoms with Gasteiger partial charge < -0.3 is 20.1 Å². The van der Waals surface area contributed by atoms with Crippen LogP contribution in [0.1, 0.15) is 49.3 Å². The van der Waals surface area contributed by atoms with Gasteiger partial charge in [-0.05, 0) is 55.3 Å². The zero-order chi connectivity index (χ0) is 33.3. The normalized spacial score (nSPS) is 22.0. The highest BCUT2D eigenvalue weighted by Crippen LogP contribution is 2.41. The zero-order valence-corrected chi connectivity index (χ0v) is 27.8. The molecular formula is C35H35N3O7S2. The van der Waals surface area contributed by atoms with Crippen molar-refractivity contribution in [2.45, 2.75) is 56.7 Å². The summed E-state index contributed by atoms with van der Waals surface area (Å²) in [4.78, 5) is 56.2. The van der Waals surface area contributed by atoms with Gasteiger partial charge in [0, 0.05) is 29.0 Å². The van der Waals surface area contributed by atoms with Crippen LogP contribution in [-0.2, 0) is 41.1 Å². The van der Waals surface area contributed by atoms with Crippen molar-refractivity contribution < 1.29 is 32.9 Å². The summed E-state index contributed by atoms with van der Waals surface area (Å²) >= 11 is 1.50. The minimum absolute atomic E-state index is 0.0718. The Balaban J connectivity index is 1.45. The van der Waals surface area contributed by atoms with E-state index < -0.39 is 51.9 Å². The molecule has 0 unspecified atom stereocenters. The molecule has 10 nitrogen and oxygen atoms in total. The van der Waals surface area contributed by atoms with Gasteiger partial charge in [-0.3, -0.25) is 18.7 Å². The highest BCUT2D eigenvalue weighted by molar-refractivity contribution is 7.86. The fraction of sp³-hybridized carbons (Fsp3) is 0.314. The first-order valence-corrected chi connectivity index (χ1v) is 17.5. The first-order valence-electron chi connectivity index (χ1n) is 15.3. The third kappa shape index (κ3) is 6.79. The van der Waals surface area contributed by atoms with Gasteiger partial charge in [-0.1, -0.05) is 66.7 Å². The lowest BCUT2D eigenvalue weighted by molar-refractivity contribution is -0.154. The quantitative estimate of drug-likeness (QED) is 0.204. The van der Waals surface area contributed by atoms with Crippen molar-refractivity contribution in [1.82, 2.24) is 15.5 Å². The van der Waals surface area contributed by atoms with Crippen molar-refractivity contribution in [2.75, 3.05) is 12.3 Å². The highest BCUT2D eigenvalue weighted by atomic mass is 32.2. The molecule has 2 fully saturated rings. The SMILES string of the molecule is CC(C)(C)OC(=O)N[C@@H]1C(=O)N2C(C(=O)OC(c3ccccc3)c3ccccc3)=C(C(Cc3cccs3)=C3CCNC3=O)C[S@](=O)[C@H]12. The van der Waals surface area contributed by atoms with Gasteiger partial charge in [0.25, 0.3) is 5.91 Å². The van der Waals surface area contributed by atoms with Crippen LogP contribution in [0.2, 0.25) is 0 Å². The Morgan fingerprint density at radius 3 is 2.23 bits per heavy atom. The number of hydrogen-bond donors (Lipinski definition) is 2. The number of amides is 3. The number of allylic oxidation sites excluding steroid dienone is 1. The Bertz CT molecular complexity index is 1740. The van der Waals surface area contributed by atoms with Crippen molar-refractivity contribution in [3.63, 3.8) is 0 Å². The van der Waals surface area contributed by atoms with E-state index in [9.17, 15) is 23.4 Å². The fourth-order valence-electron chi connectivity index (χ4n) is 5.97. The van der Waals surface area contributed by atoms with Gasteiger partial charge in [-0.2, -0.15) is 0 Å². The Labute approximate surface area is 279 Å². The van der Waals surface area contributed by atoms with Gasteiger partial charge in [0.1, 0.15) is 22.7 Å². The molecule has 0 bridgehead atoms. The van der Waals surface area contributed by atoms with Gasteiger partial charge in [-0.15, -0.1) is 11.3 Å². The van der Waals surface area contributed by atoms with Crippen LogP contribution in [0, 0.1) is 0 Å². The highest BCUT2D eigenvalue weighted by Gasteiger charge is 2.58. The lowest BCUT2D eigenvalue weighted by atomic mass is 9.92. The minimum atomic E-state index is -1.74. The van der Waals surface area contributed by atoms with Crippen LogP contribution < -0.4 is 10.6 Å². The molecule has 0 saturated carbocycles. The van der Waals surface area contributed by atoms with E-state index in [4.69, 9.17) is 9.47 Å². The fourth-order valence-corrected chi connectivity index (χ4v) is 8.39. The van der Waals surface area contributed by atoms with Crippen molar-refractivity contribution >= 4 is 46.0 Å². The third-order valence-corrected chi connectivity index (χ3v) is 10.5. The lowest BCUT2D eigenvalue weighted by Crippen LogP contribution is -2.73. The maximum absolute atomic E-state index is 14.5. The molecule has 0 aliphatic carbocycles. The van der Waals surface area contributed by atoms with E-state index in [0.29, 0.717) is 36.1 Å². The molecule has 3 aromatic rings. The second-order valence-corrected chi connectivity index (χ2v) is 15.0. The van der Waals surface area contributed by atoms with Crippen molar-refractivity contribution in [1.29, 1.82) is 0 Å². The van der Waals surface area contributed by atoms with E-state index in [2.05, 4.69) is 10.6 Å². The second kappa shape index (κ2) is 13.3. The van der Waals surface area contributed by atoms with Gasteiger partial charge in [0.2, 0.25) is 5.91 Å². The summed E-state index contributed by atoms with van der Waals surface area (Å²) in [6.07, 6.45) is -0.936. The first kappa shape index (κ1) is 32.4. The molecule has 1 aromatic heterocycles. The van der Waals surface area contributed by atoms with Gasteiger partial charge in [-0.25, -0.2) is 9.59 Å². The van der Waals surface area contributed by atoms with Crippen LogP contribution in [0.3, 0.4) is 0 Å². The number of carbonyl (C=O) groups is 4. The van der Waals surface area contributed by atoms with Crippen LogP contribution in [0.4, 0.5) is 4.79 Å². The Morgan fingerprint density at radius 1 is 1.02 bits per heavy atom. The average molecular weight is 674 g/mol. The number of β-lactam (4-membered cyclic amide) rings is 1. The summed E-state index contributed by atoms with van der Waals surface area (Å²) in [5, 5.41) is 6.28. The smallest absolute Gasteiger partial charge is 0.408 e. The molecule has 3 atom stereocenters. The molecule has 0 spiro atoms. The molecule has 12 heteroatoms. The van der Waals surface area contributed by atoms with Crippen molar-refractivity contribution in [3.8, 4) is 0 Å². The minimum Gasteiger partial charge on any atom is -0.448 e. The number of ether oxygens (including phenoxy) is 2. The Morgan fingerprint density at radius 2 is 1.68 bits per heavy atom. The molecule has 3 aliphatic heterocycles. The lowest BCUT2D eigenvalue weighted by Gasteiger charge is -2.49. The summed E-state index contributed by atoms with van der Waals surface area (Å²) in [5.74, 6) is -1.81. The van der Waals surface area contributed by atoms with E-state index in [-0.39, 0.29) is 17.4 Å². The molecule has 2 aromatic carbocycles. The molecule has 0 radical (unpaired) electrons. The largest absolute Gasteiger partial charge is 0.448 e. The number of rotatable bonds is 8. The number of carbonyl (C=O) groups excluding carboxylic acids is 4. The summed E-state index contributed by atoms with van der Waals surface area (Å²) in [5.41, 5.74) is 1.90. The Kier molecular flexibility index (Phi) is 9.16. The zero-order valence-electron chi connectivity index (χ0n) is 26.2. The van der Waals surface area contributed by atoms with Crippen molar-refractivity contribution in [2.24, 2.45) is 0 Å². The third-order valence-electron chi connectivity index (χ3n) is 8.02. The molecule has 3 amide bonds. The van der Waals surface area contributed by atoms with Gasteiger partial charge in [0.15, 0.2) is 6.10 Å². The number of nitrogens with zero attached hydrogens (tertiary/aromatic N) is 1. The van der Waals surface area contributed by atoms with Gasteiger partial charge in [0.05, 0.1) is 16.6 Å². The summed E-state index contributed by atoms with van der Waals surface area (Å²) in [6.45, 7) is 5.51. The number of alkyl carbamates (subject to hydrolysis) is 1. The molecule has 2 saturated heterocycles. The molecule has 244 valence electrons. The molecule has 3 aliphatic rings. The standard InChI is InChI=1S/C35H35N3O7S2/c1-35(2,3)45-34(42)37-27-31(40)38-28(33(41)44-29(21-11-6-4-7-12-21)22-13-8-5-9-14-22)26(20-47(43)32(27)38)25(19-23-15-10-18-46-23)24-16-17-36-30(24)39/h4-15,18,27,29,32H,16-17,19-20H2,1-3H3,(H,36,39)(H,37,42)/t27-,32-,47+/m1/s1.